The molecule has 0 saturated carbocycles. The van der Waals surface area contributed by atoms with Crippen molar-refractivity contribution in [1.29, 1.82) is 0 Å². The molecule has 0 aliphatic heterocycles. The summed E-state index contributed by atoms with van der Waals surface area (Å²) in [5.74, 6) is -0.727. The summed E-state index contributed by atoms with van der Waals surface area (Å²) in [7, 11) is 0. The lowest BCUT2D eigenvalue weighted by Crippen LogP contribution is -2.33. The van der Waals surface area contributed by atoms with Crippen molar-refractivity contribution in [2.45, 2.75) is 19.1 Å². The second kappa shape index (κ2) is 3.81. The predicted molar refractivity (Wildman–Crippen MR) is 43.3 cm³/mol. The second-order valence-electron chi connectivity index (χ2n) is 2.78. The summed E-state index contributed by atoms with van der Waals surface area (Å²) in [4.78, 5) is 3.22. The van der Waals surface area contributed by atoms with Gasteiger partial charge in [-0.05, 0) is 19.1 Å². The summed E-state index contributed by atoms with van der Waals surface area (Å²) in [6, 6.07) is 0.505. The van der Waals surface area contributed by atoms with Crippen LogP contribution in [-0.2, 0) is 0 Å². The first kappa shape index (κ1) is 10.7. The van der Waals surface area contributed by atoms with E-state index in [9.17, 15) is 17.6 Å². The lowest BCUT2D eigenvalue weighted by Gasteiger charge is -2.17. The molecule has 0 aliphatic rings. The normalized spacial score (nSPS) is 13.8. The Morgan fingerprint density at radius 3 is 2.43 bits per heavy atom. The molecule has 0 aliphatic carbocycles. The first-order valence-corrected chi connectivity index (χ1v) is 3.84. The third kappa shape index (κ3) is 2.86. The van der Waals surface area contributed by atoms with E-state index in [0.717, 1.165) is 19.2 Å². The van der Waals surface area contributed by atoms with E-state index in [0.29, 0.717) is 0 Å². The van der Waals surface area contributed by atoms with Gasteiger partial charge in [-0.15, -0.1) is 0 Å². The van der Waals surface area contributed by atoms with Crippen LogP contribution in [0.4, 0.5) is 23.2 Å². The molecule has 0 saturated heterocycles. The average molecular weight is 208 g/mol. The van der Waals surface area contributed by atoms with E-state index in [1.165, 1.54) is 6.07 Å². The molecule has 0 spiro atoms. The van der Waals surface area contributed by atoms with Crippen LogP contribution in [0.3, 0.4) is 0 Å². The maximum atomic E-state index is 12.3. The summed E-state index contributed by atoms with van der Waals surface area (Å²) < 4.78 is 48.5. The van der Waals surface area contributed by atoms with Gasteiger partial charge in [0.05, 0.1) is 11.9 Å². The Hall–Kier alpha value is -1.33. The van der Waals surface area contributed by atoms with Crippen molar-refractivity contribution in [1.82, 2.24) is 4.98 Å². The maximum Gasteiger partial charge on any atom is 0.408 e. The van der Waals surface area contributed by atoms with Crippen molar-refractivity contribution >= 4 is 5.69 Å². The Balaban J connectivity index is 2.65. The van der Waals surface area contributed by atoms with Crippen molar-refractivity contribution in [3.8, 4) is 0 Å². The number of aromatic nitrogens is 1. The van der Waals surface area contributed by atoms with Crippen molar-refractivity contribution in [2.75, 3.05) is 5.32 Å². The molecule has 1 unspecified atom stereocenters. The highest BCUT2D eigenvalue weighted by Crippen LogP contribution is 2.22. The summed E-state index contributed by atoms with van der Waals surface area (Å²) in [5, 5.41) is 2.15. The number of nitrogens with one attached hydrogen (secondary N) is 1. The zero-order valence-electron chi connectivity index (χ0n) is 7.27. The first-order valence-electron chi connectivity index (χ1n) is 3.84. The van der Waals surface area contributed by atoms with Crippen molar-refractivity contribution in [3.63, 3.8) is 0 Å². The minimum absolute atomic E-state index is 0.135. The number of pyridine rings is 1. The summed E-state index contributed by atoms with van der Waals surface area (Å²) >= 11 is 0. The quantitative estimate of drug-likeness (QED) is 0.596. The highest BCUT2D eigenvalue weighted by Gasteiger charge is 2.35. The van der Waals surface area contributed by atoms with Crippen molar-refractivity contribution in [2.24, 2.45) is 0 Å². The number of anilines is 1. The van der Waals surface area contributed by atoms with Crippen molar-refractivity contribution in [3.05, 3.63) is 24.3 Å². The minimum atomic E-state index is -4.33. The zero-order valence-corrected chi connectivity index (χ0v) is 7.27. The number of alkyl halides is 3. The van der Waals surface area contributed by atoms with E-state index in [4.69, 9.17) is 0 Å². The molecule has 1 N–H and O–H groups in total. The molecule has 1 atom stereocenters. The lowest BCUT2D eigenvalue weighted by molar-refractivity contribution is -0.138. The van der Waals surface area contributed by atoms with Crippen molar-refractivity contribution < 1.29 is 17.6 Å². The molecule has 1 aromatic heterocycles. The predicted octanol–water partition coefficient (Wildman–Crippen LogP) is 2.58. The van der Waals surface area contributed by atoms with Crippen LogP contribution < -0.4 is 5.32 Å². The van der Waals surface area contributed by atoms with Crippen LogP contribution in [0.2, 0.25) is 0 Å². The fourth-order valence-electron chi connectivity index (χ4n) is 0.793. The van der Waals surface area contributed by atoms with E-state index in [2.05, 4.69) is 10.3 Å². The molecule has 0 bridgehead atoms. The lowest BCUT2D eigenvalue weighted by atomic mass is 10.3. The molecular weight excluding hydrogens is 200 g/mol. The maximum absolute atomic E-state index is 12.3. The van der Waals surface area contributed by atoms with E-state index in [1.54, 1.807) is 0 Å². The van der Waals surface area contributed by atoms with Gasteiger partial charge in [0.2, 0.25) is 5.95 Å². The molecule has 1 aromatic rings. The molecule has 1 rings (SSSR count). The van der Waals surface area contributed by atoms with Crippen LogP contribution in [0, 0.1) is 5.95 Å². The van der Waals surface area contributed by atoms with Crippen LogP contribution in [-0.4, -0.2) is 17.2 Å². The monoisotopic (exact) mass is 208 g/mol. The van der Waals surface area contributed by atoms with Gasteiger partial charge in [0.15, 0.2) is 0 Å². The van der Waals surface area contributed by atoms with E-state index < -0.39 is 18.2 Å². The molecule has 2 nitrogen and oxygen atoms in total. The van der Waals surface area contributed by atoms with Gasteiger partial charge in [-0.3, -0.25) is 0 Å². The number of nitrogens with zero attached hydrogens (tertiary/aromatic N) is 1. The van der Waals surface area contributed by atoms with Gasteiger partial charge in [0.25, 0.3) is 0 Å². The zero-order chi connectivity index (χ0) is 10.8. The molecular formula is C8H8F4N2. The SMILES string of the molecule is CC(Nc1ccc(F)nc1)C(F)(F)F. The largest absolute Gasteiger partial charge is 0.408 e. The number of hydrogen-bond donors (Lipinski definition) is 1. The minimum Gasteiger partial charge on any atom is -0.373 e. The number of halogens is 4. The van der Waals surface area contributed by atoms with E-state index in [-0.39, 0.29) is 5.69 Å². The van der Waals surface area contributed by atoms with Gasteiger partial charge >= 0.3 is 6.18 Å². The Labute approximate surface area is 78.0 Å². The molecule has 0 aromatic carbocycles. The first-order chi connectivity index (χ1) is 6.39. The number of rotatable bonds is 2. The van der Waals surface area contributed by atoms with Crippen LogP contribution in [0.25, 0.3) is 0 Å². The third-order valence-corrected chi connectivity index (χ3v) is 1.60. The van der Waals surface area contributed by atoms with Gasteiger partial charge in [0.1, 0.15) is 6.04 Å². The molecule has 78 valence electrons. The van der Waals surface area contributed by atoms with Crippen LogP contribution >= 0.6 is 0 Å². The Kier molecular flexibility index (Phi) is 2.93. The van der Waals surface area contributed by atoms with Crippen LogP contribution in [0.15, 0.2) is 18.3 Å². The number of hydrogen-bond acceptors (Lipinski definition) is 2. The Morgan fingerprint density at radius 1 is 1.36 bits per heavy atom. The van der Waals surface area contributed by atoms with Gasteiger partial charge in [-0.1, -0.05) is 0 Å². The standard InChI is InChI=1S/C8H8F4N2/c1-5(8(10,11)12)14-6-2-3-7(9)13-4-6/h2-5,14H,1H3. The highest BCUT2D eigenvalue weighted by atomic mass is 19.4. The molecule has 0 fully saturated rings. The molecule has 14 heavy (non-hydrogen) atoms. The fraction of sp³-hybridized carbons (Fsp3) is 0.375. The Morgan fingerprint density at radius 2 is 2.00 bits per heavy atom. The smallest absolute Gasteiger partial charge is 0.373 e. The molecule has 6 heteroatoms. The van der Waals surface area contributed by atoms with Gasteiger partial charge in [-0.2, -0.15) is 17.6 Å². The second-order valence-corrected chi connectivity index (χ2v) is 2.78. The molecule has 0 amide bonds. The third-order valence-electron chi connectivity index (χ3n) is 1.60. The average Bonchev–Trinajstić information content (AvgIpc) is 2.07. The summed E-state index contributed by atoms with van der Waals surface area (Å²) in [6.45, 7) is 0.976. The van der Waals surface area contributed by atoms with E-state index in [1.807, 2.05) is 0 Å². The summed E-state index contributed by atoms with van der Waals surface area (Å²) in [6.07, 6.45) is -3.31. The Bertz CT molecular complexity index is 293. The van der Waals surface area contributed by atoms with E-state index >= 15 is 0 Å². The summed E-state index contributed by atoms with van der Waals surface area (Å²) in [5.41, 5.74) is 0.135. The van der Waals surface area contributed by atoms with Gasteiger partial charge < -0.3 is 5.32 Å². The topological polar surface area (TPSA) is 24.9 Å². The highest BCUT2D eigenvalue weighted by molar-refractivity contribution is 5.41. The molecule has 0 radical (unpaired) electrons. The van der Waals surface area contributed by atoms with Gasteiger partial charge in [0, 0.05) is 0 Å². The molecule has 1 heterocycles. The van der Waals surface area contributed by atoms with Crippen LogP contribution in [0.5, 0.6) is 0 Å². The fourth-order valence-corrected chi connectivity index (χ4v) is 0.793. The van der Waals surface area contributed by atoms with Gasteiger partial charge in [-0.25, -0.2) is 4.98 Å². The van der Waals surface area contributed by atoms with Crippen LogP contribution in [0.1, 0.15) is 6.92 Å².